The number of hydrogen-bond acceptors (Lipinski definition) is 2. The lowest BCUT2D eigenvalue weighted by molar-refractivity contribution is 0.0946. The van der Waals surface area contributed by atoms with Crippen molar-refractivity contribution < 1.29 is 4.74 Å². The van der Waals surface area contributed by atoms with Gasteiger partial charge in [-0.1, -0.05) is 42.8 Å². The minimum Gasteiger partial charge on any atom is -0.377 e. The molecule has 0 spiro atoms. The predicted octanol–water partition coefficient (Wildman–Crippen LogP) is 3.51. The Bertz CT molecular complexity index is 510. The molecule has 21 heavy (non-hydrogen) atoms. The van der Waals surface area contributed by atoms with Gasteiger partial charge in [0.05, 0.1) is 13.2 Å². The Labute approximate surface area is 127 Å². The van der Waals surface area contributed by atoms with Gasteiger partial charge in [-0.2, -0.15) is 0 Å². The van der Waals surface area contributed by atoms with Crippen LogP contribution in [0.25, 0.3) is 0 Å². The van der Waals surface area contributed by atoms with Crippen LogP contribution in [0.4, 0.5) is 0 Å². The maximum absolute atomic E-state index is 5.56. The lowest BCUT2D eigenvalue weighted by atomic mass is 9.60. The number of ether oxygens (including phenoxy) is 1. The first-order valence-corrected chi connectivity index (χ1v) is 8.47. The van der Waals surface area contributed by atoms with Crippen molar-refractivity contribution in [3.05, 3.63) is 47.5 Å². The van der Waals surface area contributed by atoms with Crippen molar-refractivity contribution in [2.45, 2.75) is 37.6 Å². The highest BCUT2D eigenvalue weighted by atomic mass is 16.5. The second-order valence-electron chi connectivity index (χ2n) is 6.81. The van der Waals surface area contributed by atoms with E-state index in [0.717, 1.165) is 43.9 Å². The molecule has 0 aromatic heterocycles. The number of benzene rings is 1. The van der Waals surface area contributed by atoms with Crippen molar-refractivity contribution in [2.24, 2.45) is 11.8 Å². The first kappa shape index (κ1) is 13.5. The van der Waals surface area contributed by atoms with Crippen LogP contribution in [0.5, 0.6) is 0 Å². The molecule has 1 N–H and O–H groups in total. The van der Waals surface area contributed by atoms with E-state index in [9.17, 15) is 0 Å². The molecule has 0 radical (unpaired) electrons. The lowest BCUT2D eigenvalue weighted by Gasteiger charge is -2.50. The van der Waals surface area contributed by atoms with Gasteiger partial charge in [-0.25, -0.2) is 0 Å². The Morgan fingerprint density at radius 3 is 2.76 bits per heavy atom. The Morgan fingerprint density at radius 2 is 1.95 bits per heavy atom. The number of nitrogens with one attached hydrogen (secondary N) is 1. The van der Waals surface area contributed by atoms with Crippen LogP contribution in [-0.2, 0) is 4.74 Å². The highest BCUT2D eigenvalue weighted by molar-refractivity contribution is 5.28. The fourth-order valence-corrected chi connectivity index (χ4v) is 4.69. The van der Waals surface area contributed by atoms with Crippen molar-refractivity contribution in [1.82, 2.24) is 5.32 Å². The van der Waals surface area contributed by atoms with Crippen molar-refractivity contribution in [3.63, 3.8) is 0 Å². The van der Waals surface area contributed by atoms with Crippen molar-refractivity contribution in [1.29, 1.82) is 0 Å². The first-order valence-electron chi connectivity index (χ1n) is 8.47. The average molecular weight is 283 g/mol. The fourth-order valence-electron chi connectivity index (χ4n) is 4.69. The molecule has 4 atom stereocenters. The smallest absolute Gasteiger partial charge is 0.0689 e. The van der Waals surface area contributed by atoms with E-state index in [0.29, 0.717) is 6.04 Å². The fraction of sp³-hybridized carbons (Fsp3) is 0.579. The van der Waals surface area contributed by atoms with Gasteiger partial charge in [-0.05, 0) is 42.2 Å². The highest BCUT2D eigenvalue weighted by Crippen LogP contribution is 2.55. The first-order chi connectivity index (χ1) is 10.4. The van der Waals surface area contributed by atoms with Gasteiger partial charge in [-0.15, -0.1) is 0 Å². The summed E-state index contributed by atoms with van der Waals surface area (Å²) in [7, 11) is 0. The molecule has 0 bridgehead atoms. The molecule has 1 heterocycles. The van der Waals surface area contributed by atoms with Gasteiger partial charge >= 0.3 is 0 Å². The third-order valence-corrected chi connectivity index (χ3v) is 5.67. The van der Waals surface area contributed by atoms with Crippen LogP contribution in [0.1, 0.15) is 37.2 Å². The molecule has 2 saturated carbocycles. The summed E-state index contributed by atoms with van der Waals surface area (Å²) in [4.78, 5) is 0. The molecule has 2 fully saturated rings. The maximum atomic E-state index is 5.56. The van der Waals surface area contributed by atoms with E-state index in [1.165, 1.54) is 30.4 Å². The minimum absolute atomic E-state index is 0.669. The van der Waals surface area contributed by atoms with Gasteiger partial charge in [0.15, 0.2) is 0 Å². The Morgan fingerprint density at radius 1 is 1.10 bits per heavy atom. The van der Waals surface area contributed by atoms with Gasteiger partial charge in [0.2, 0.25) is 0 Å². The molecule has 2 unspecified atom stereocenters. The van der Waals surface area contributed by atoms with Crippen LogP contribution < -0.4 is 5.32 Å². The summed E-state index contributed by atoms with van der Waals surface area (Å²) >= 11 is 0. The van der Waals surface area contributed by atoms with E-state index in [4.69, 9.17) is 4.74 Å². The monoisotopic (exact) mass is 283 g/mol. The van der Waals surface area contributed by atoms with Crippen LogP contribution >= 0.6 is 0 Å². The van der Waals surface area contributed by atoms with Crippen LogP contribution in [0, 0.1) is 11.8 Å². The molecule has 1 aliphatic heterocycles. The van der Waals surface area contributed by atoms with Gasteiger partial charge in [-0.3, -0.25) is 0 Å². The van der Waals surface area contributed by atoms with Crippen molar-refractivity contribution in [3.8, 4) is 0 Å². The third kappa shape index (κ3) is 2.56. The Kier molecular flexibility index (Phi) is 3.83. The number of rotatable bonds is 4. The van der Waals surface area contributed by atoms with E-state index in [2.05, 4.69) is 41.7 Å². The van der Waals surface area contributed by atoms with E-state index in [1.54, 1.807) is 0 Å². The molecule has 0 amide bonds. The SMILES string of the molecule is C1=C(CN[C@@H]2C3CCCC3[C@H]2c2ccccc2)COCC1. The van der Waals surface area contributed by atoms with Crippen LogP contribution in [0.15, 0.2) is 42.0 Å². The summed E-state index contributed by atoms with van der Waals surface area (Å²) in [6, 6.07) is 11.8. The number of fused-ring (bicyclic) bond motifs is 1. The van der Waals surface area contributed by atoms with Crippen LogP contribution in [-0.4, -0.2) is 25.8 Å². The van der Waals surface area contributed by atoms with Crippen LogP contribution in [0.2, 0.25) is 0 Å². The average Bonchev–Trinajstić information content (AvgIpc) is 2.94. The summed E-state index contributed by atoms with van der Waals surface area (Å²) < 4.78 is 5.56. The standard InChI is InChI=1S/C19H25NO/c1-2-7-15(8-3-1)18-16-9-4-10-17(16)19(18)20-12-14-6-5-11-21-13-14/h1-3,6-8,16-20H,4-5,9-13H2/t16?,17?,18-,19-/m1/s1. The van der Waals surface area contributed by atoms with Gasteiger partial charge in [0.25, 0.3) is 0 Å². The Hall–Kier alpha value is -1.12. The molecule has 2 heteroatoms. The van der Waals surface area contributed by atoms with E-state index in [1.807, 2.05) is 0 Å². The minimum atomic E-state index is 0.669. The molecule has 1 aromatic carbocycles. The lowest BCUT2D eigenvalue weighted by Crippen LogP contribution is -2.55. The normalized spacial score (nSPS) is 35.0. The summed E-state index contributed by atoms with van der Waals surface area (Å²) in [5.74, 6) is 2.55. The quantitative estimate of drug-likeness (QED) is 0.854. The molecule has 2 aliphatic carbocycles. The molecule has 0 saturated heterocycles. The van der Waals surface area contributed by atoms with E-state index in [-0.39, 0.29) is 0 Å². The summed E-state index contributed by atoms with van der Waals surface area (Å²) in [5.41, 5.74) is 2.97. The van der Waals surface area contributed by atoms with Crippen molar-refractivity contribution >= 4 is 0 Å². The predicted molar refractivity (Wildman–Crippen MR) is 85.3 cm³/mol. The van der Waals surface area contributed by atoms with Gasteiger partial charge in [0, 0.05) is 18.5 Å². The zero-order chi connectivity index (χ0) is 14.1. The third-order valence-electron chi connectivity index (χ3n) is 5.67. The molecule has 4 rings (SSSR count). The molecule has 112 valence electrons. The summed E-state index contributed by atoms with van der Waals surface area (Å²) in [6.07, 6.45) is 7.70. The summed E-state index contributed by atoms with van der Waals surface area (Å²) in [6.45, 7) is 2.73. The van der Waals surface area contributed by atoms with E-state index >= 15 is 0 Å². The molecule has 2 nitrogen and oxygen atoms in total. The van der Waals surface area contributed by atoms with Crippen LogP contribution in [0.3, 0.4) is 0 Å². The number of hydrogen-bond donors (Lipinski definition) is 1. The molecule has 3 aliphatic rings. The zero-order valence-corrected chi connectivity index (χ0v) is 12.6. The van der Waals surface area contributed by atoms with E-state index < -0.39 is 0 Å². The largest absolute Gasteiger partial charge is 0.377 e. The molecular formula is C19H25NO. The second kappa shape index (κ2) is 5.94. The zero-order valence-electron chi connectivity index (χ0n) is 12.6. The topological polar surface area (TPSA) is 21.3 Å². The van der Waals surface area contributed by atoms with Crippen molar-refractivity contribution in [2.75, 3.05) is 19.8 Å². The molecular weight excluding hydrogens is 258 g/mol. The maximum Gasteiger partial charge on any atom is 0.0689 e. The second-order valence-corrected chi connectivity index (χ2v) is 6.81. The van der Waals surface area contributed by atoms with Gasteiger partial charge < -0.3 is 10.1 Å². The molecule has 1 aromatic rings. The highest BCUT2D eigenvalue weighted by Gasteiger charge is 2.52. The summed E-state index contributed by atoms with van der Waals surface area (Å²) in [5, 5.41) is 3.86. The van der Waals surface area contributed by atoms with Gasteiger partial charge in [0.1, 0.15) is 0 Å². The Balaban J connectivity index is 1.46.